The van der Waals surface area contributed by atoms with E-state index in [-0.39, 0.29) is 0 Å². The van der Waals surface area contributed by atoms with Crippen molar-refractivity contribution >= 4 is 5.97 Å². The van der Waals surface area contributed by atoms with Crippen molar-refractivity contribution in [2.45, 2.75) is 19.4 Å². The maximum Gasteiger partial charge on any atom is 0.343 e. The minimum Gasteiger partial charge on any atom is -0.423 e. The van der Waals surface area contributed by atoms with Gasteiger partial charge in [-0.1, -0.05) is 30.3 Å². The highest BCUT2D eigenvalue weighted by Gasteiger charge is 2.16. The van der Waals surface area contributed by atoms with Crippen molar-refractivity contribution in [1.82, 2.24) is 0 Å². The molecule has 1 N–H and O–H groups in total. The first-order valence-corrected chi connectivity index (χ1v) is 6.07. The van der Waals surface area contributed by atoms with Gasteiger partial charge in [-0.05, 0) is 43.7 Å². The minimum absolute atomic E-state index is 0.392. The largest absolute Gasteiger partial charge is 0.423 e. The molecule has 0 saturated heterocycles. The Morgan fingerprint density at radius 2 is 1.58 bits per heavy atom. The number of carbonyl (C=O) groups excluding carboxylic acids is 1. The molecule has 2 rings (SSSR count). The number of hydrogen-bond acceptors (Lipinski definition) is 3. The summed E-state index contributed by atoms with van der Waals surface area (Å²) in [4.78, 5) is 11.8. The standard InChI is InChI=1S/C16H16O3/c1-16(2,18)13-8-10-14(11-9-13)19-15(17)12-6-4-3-5-7-12/h3-11,18H,1-2H3. The van der Waals surface area contributed by atoms with Gasteiger partial charge in [-0.2, -0.15) is 0 Å². The lowest BCUT2D eigenvalue weighted by molar-refractivity contribution is 0.0734. The van der Waals surface area contributed by atoms with Crippen LogP contribution in [0.2, 0.25) is 0 Å². The van der Waals surface area contributed by atoms with Crippen LogP contribution in [0, 0.1) is 0 Å². The first-order valence-electron chi connectivity index (χ1n) is 6.07. The Labute approximate surface area is 112 Å². The number of benzene rings is 2. The SMILES string of the molecule is CC(C)(O)c1ccc(OC(=O)c2ccccc2)cc1. The third-order valence-corrected chi connectivity index (χ3v) is 2.78. The van der Waals surface area contributed by atoms with Gasteiger partial charge >= 0.3 is 5.97 Å². The summed E-state index contributed by atoms with van der Waals surface area (Å²) in [5.74, 6) is 0.0680. The Bertz CT molecular complexity index is 551. The molecule has 0 bridgehead atoms. The zero-order valence-corrected chi connectivity index (χ0v) is 11.0. The molecule has 0 atom stereocenters. The van der Waals surface area contributed by atoms with Gasteiger partial charge in [-0.3, -0.25) is 0 Å². The van der Waals surface area contributed by atoms with Crippen LogP contribution in [-0.4, -0.2) is 11.1 Å². The van der Waals surface area contributed by atoms with E-state index in [9.17, 15) is 9.90 Å². The van der Waals surface area contributed by atoms with E-state index < -0.39 is 11.6 Å². The Balaban J connectivity index is 2.10. The molecule has 2 aromatic carbocycles. The molecule has 19 heavy (non-hydrogen) atoms. The number of carbonyl (C=O) groups is 1. The first kappa shape index (κ1) is 13.3. The lowest BCUT2D eigenvalue weighted by Gasteiger charge is -2.17. The van der Waals surface area contributed by atoms with Crippen LogP contribution in [0.4, 0.5) is 0 Å². The van der Waals surface area contributed by atoms with Gasteiger partial charge in [0.15, 0.2) is 0 Å². The second-order valence-electron chi connectivity index (χ2n) is 4.84. The summed E-state index contributed by atoms with van der Waals surface area (Å²) in [6, 6.07) is 15.7. The average Bonchev–Trinajstić information content (AvgIpc) is 2.39. The lowest BCUT2D eigenvalue weighted by atomic mass is 9.99. The Morgan fingerprint density at radius 1 is 1.00 bits per heavy atom. The van der Waals surface area contributed by atoms with Gasteiger partial charge in [0.2, 0.25) is 0 Å². The highest BCUT2D eigenvalue weighted by molar-refractivity contribution is 5.90. The van der Waals surface area contributed by atoms with E-state index in [1.54, 1.807) is 62.4 Å². The number of rotatable bonds is 3. The lowest BCUT2D eigenvalue weighted by Crippen LogP contribution is -2.15. The van der Waals surface area contributed by atoms with E-state index in [2.05, 4.69) is 0 Å². The number of esters is 1. The molecule has 3 nitrogen and oxygen atoms in total. The van der Waals surface area contributed by atoms with Crippen LogP contribution in [0.3, 0.4) is 0 Å². The molecular formula is C16H16O3. The van der Waals surface area contributed by atoms with Crippen molar-refractivity contribution in [1.29, 1.82) is 0 Å². The van der Waals surface area contributed by atoms with Gasteiger partial charge < -0.3 is 9.84 Å². The van der Waals surface area contributed by atoms with E-state index in [0.717, 1.165) is 5.56 Å². The summed E-state index contributed by atoms with van der Waals surface area (Å²) in [7, 11) is 0. The monoisotopic (exact) mass is 256 g/mol. The van der Waals surface area contributed by atoms with Crippen molar-refractivity contribution < 1.29 is 14.6 Å². The van der Waals surface area contributed by atoms with E-state index in [1.807, 2.05) is 6.07 Å². The molecule has 0 aliphatic heterocycles. The molecular weight excluding hydrogens is 240 g/mol. The molecule has 0 aromatic heterocycles. The molecule has 0 unspecified atom stereocenters. The van der Waals surface area contributed by atoms with Crippen molar-refractivity contribution in [2.24, 2.45) is 0 Å². The van der Waals surface area contributed by atoms with Crippen molar-refractivity contribution in [3.05, 3.63) is 65.7 Å². The molecule has 0 heterocycles. The highest BCUT2D eigenvalue weighted by atomic mass is 16.5. The maximum absolute atomic E-state index is 11.8. The summed E-state index contributed by atoms with van der Waals surface area (Å²) < 4.78 is 5.25. The molecule has 2 aromatic rings. The molecule has 0 aliphatic carbocycles. The average molecular weight is 256 g/mol. The fourth-order valence-corrected chi connectivity index (χ4v) is 1.67. The second kappa shape index (κ2) is 5.24. The van der Waals surface area contributed by atoms with Gasteiger partial charge in [-0.25, -0.2) is 4.79 Å². The van der Waals surface area contributed by atoms with Crippen LogP contribution in [0.25, 0.3) is 0 Å². The number of hydrogen-bond donors (Lipinski definition) is 1. The van der Waals surface area contributed by atoms with Crippen LogP contribution < -0.4 is 4.74 Å². The third-order valence-electron chi connectivity index (χ3n) is 2.78. The molecule has 0 saturated carbocycles. The molecule has 0 fully saturated rings. The van der Waals surface area contributed by atoms with Gasteiger partial charge in [0, 0.05) is 0 Å². The fourth-order valence-electron chi connectivity index (χ4n) is 1.67. The van der Waals surface area contributed by atoms with Crippen molar-refractivity contribution in [2.75, 3.05) is 0 Å². The summed E-state index contributed by atoms with van der Waals surface area (Å²) in [6.45, 7) is 3.41. The van der Waals surface area contributed by atoms with Crippen LogP contribution in [-0.2, 0) is 5.60 Å². The van der Waals surface area contributed by atoms with Gasteiger partial charge in [0.25, 0.3) is 0 Å². The fraction of sp³-hybridized carbons (Fsp3) is 0.188. The Morgan fingerprint density at radius 3 is 2.11 bits per heavy atom. The zero-order chi connectivity index (χ0) is 13.9. The summed E-state index contributed by atoms with van der Waals surface area (Å²) in [5, 5.41) is 9.83. The summed E-state index contributed by atoms with van der Waals surface area (Å²) in [5.41, 5.74) is 0.378. The summed E-state index contributed by atoms with van der Waals surface area (Å²) in [6.07, 6.45) is 0. The Hall–Kier alpha value is -2.13. The quantitative estimate of drug-likeness (QED) is 0.678. The van der Waals surface area contributed by atoms with E-state index in [1.165, 1.54) is 0 Å². The van der Waals surface area contributed by atoms with Gasteiger partial charge in [0.05, 0.1) is 11.2 Å². The van der Waals surface area contributed by atoms with E-state index in [4.69, 9.17) is 4.74 Å². The molecule has 0 aliphatic rings. The van der Waals surface area contributed by atoms with Gasteiger partial charge in [-0.15, -0.1) is 0 Å². The van der Waals surface area contributed by atoms with E-state index in [0.29, 0.717) is 11.3 Å². The smallest absolute Gasteiger partial charge is 0.343 e. The van der Waals surface area contributed by atoms with E-state index >= 15 is 0 Å². The maximum atomic E-state index is 11.8. The third kappa shape index (κ3) is 3.42. The highest BCUT2D eigenvalue weighted by Crippen LogP contribution is 2.22. The molecule has 0 amide bonds. The zero-order valence-electron chi connectivity index (χ0n) is 11.0. The molecule has 3 heteroatoms. The van der Waals surface area contributed by atoms with Crippen LogP contribution in [0.5, 0.6) is 5.75 Å². The predicted molar refractivity (Wildman–Crippen MR) is 73.1 cm³/mol. The predicted octanol–water partition coefficient (Wildman–Crippen LogP) is 3.13. The normalized spacial score (nSPS) is 11.1. The Kier molecular flexibility index (Phi) is 3.67. The van der Waals surface area contributed by atoms with Crippen molar-refractivity contribution in [3.63, 3.8) is 0 Å². The summed E-state index contributed by atoms with van der Waals surface area (Å²) >= 11 is 0. The minimum atomic E-state index is -0.901. The van der Waals surface area contributed by atoms with Gasteiger partial charge in [0.1, 0.15) is 5.75 Å². The van der Waals surface area contributed by atoms with Crippen LogP contribution in [0.1, 0.15) is 29.8 Å². The number of ether oxygens (including phenoxy) is 1. The van der Waals surface area contributed by atoms with Crippen LogP contribution in [0.15, 0.2) is 54.6 Å². The first-order chi connectivity index (χ1) is 8.97. The van der Waals surface area contributed by atoms with Crippen LogP contribution >= 0.6 is 0 Å². The second-order valence-corrected chi connectivity index (χ2v) is 4.84. The molecule has 0 radical (unpaired) electrons. The number of aliphatic hydroxyl groups is 1. The van der Waals surface area contributed by atoms with Crippen molar-refractivity contribution in [3.8, 4) is 5.75 Å². The molecule has 98 valence electrons. The topological polar surface area (TPSA) is 46.5 Å². The molecule has 0 spiro atoms.